The van der Waals surface area contributed by atoms with Gasteiger partial charge in [0.1, 0.15) is 0 Å². The number of aryl methyl sites for hydroxylation is 3. The maximum Gasteiger partial charge on any atom is 0.162 e. The third-order valence-corrected chi connectivity index (χ3v) is 6.74. The molecule has 0 atom stereocenters. The molecule has 0 aliphatic carbocycles. The SMILES string of the molecule is CCC(CC)C(=O)/C=C(\O)C(CC)CC.Cc1[c-]c(-c2ncc(-c3ccc(C#N)cc3)nc2C)cc(C)c1.[Ir]. The Kier molecular flexibility index (Phi) is 14.6. The molecule has 0 fully saturated rings. The van der Waals surface area contributed by atoms with Crippen LogP contribution in [0, 0.1) is 50.0 Å². The number of aliphatic hydroxyl groups is 1. The second-order valence-electron chi connectivity index (χ2n) is 9.63. The molecule has 0 bridgehead atoms. The average molecular weight is 703 g/mol. The van der Waals surface area contributed by atoms with Crippen molar-refractivity contribution in [2.24, 2.45) is 11.8 Å². The quantitative estimate of drug-likeness (QED) is 0.138. The number of hydrogen-bond acceptors (Lipinski definition) is 5. The van der Waals surface area contributed by atoms with Crippen molar-refractivity contribution in [2.75, 3.05) is 0 Å². The average Bonchev–Trinajstić information content (AvgIpc) is 2.90. The number of hydrogen-bond donors (Lipinski definition) is 1. The third-order valence-electron chi connectivity index (χ3n) is 6.74. The Labute approximate surface area is 247 Å². The van der Waals surface area contributed by atoms with E-state index in [2.05, 4.69) is 41.2 Å². The summed E-state index contributed by atoms with van der Waals surface area (Å²) in [6.07, 6.45) is 6.68. The zero-order valence-corrected chi connectivity index (χ0v) is 26.5. The van der Waals surface area contributed by atoms with Crippen molar-refractivity contribution < 1.29 is 30.0 Å². The van der Waals surface area contributed by atoms with Crippen molar-refractivity contribution in [3.05, 3.63) is 82.9 Å². The van der Waals surface area contributed by atoms with Crippen LogP contribution in [0.25, 0.3) is 22.5 Å². The van der Waals surface area contributed by atoms with Crippen LogP contribution >= 0.6 is 0 Å². The van der Waals surface area contributed by atoms with Gasteiger partial charge < -0.3 is 10.1 Å². The van der Waals surface area contributed by atoms with E-state index in [0.717, 1.165) is 59.5 Å². The Balaban J connectivity index is 0.000000418. The molecule has 1 radical (unpaired) electrons. The third kappa shape index (κ3) is 9.84. The Morgan fingerprint density at radius 3 is 2.08 bits per heavy atom. The van der Waals surface area contributed by atoms with Gasteiger partial charge in [0.05, 0.1) is 23.1 Å². The summed E-state index contributed by atoms with van der Waals surface area (Å²) in [7, 11) is 0. The molecule has 1 aromatic heterocycles. The van der Waals surface area contributed by atoms with E-state index in [1.807, 2.05) is 53.7 Å². The van der Waals surface area contributed by atoms with Crippen LogP contribution in [0.3, 0.4) is 0 Å². The molecule has 0 saturated carbocycles. The fourth-order valence-electron chi connectivity index (χ4n) is 4.40. The molecule has 209 valence electrons. The normalized spacial score (nSPS) is 10.9. The van der Waals surface area contributed by atoms with Crippen LogP contribution in [0.1, 0.15) is 75.8 Å². The van der Waals surface area contributed by atoms with Crippen LogP contribution < -0.4 is 0 Å². The van der Waals surface area contributed by atoms with Gasteiger partial charge in [0.15, 0.2) is 5.78 Å². The smallest absolute Gasteiger partial charge is 0.162 e. The number of nitriles is 1. The van der Waals surface area contributed by atoms with Gasteiger partial charge in [-0.3, -0.25) is 9.78 Å². The molecular weight excluding hydrogens is 663 g/mol. The monoisotopic (exact) mass is 703 g/mol. The minimum Gasteiger partial charge on any atom is -0.512 e. The molecule has 3 aromatic rings. The first-order valence-electron chi connectivity index (χ1n) is 13.5. The molecule has 0 aliphatic heterocycles. The number of allylic oxidation sites excluding steroid dienone is 2. The Bertz CT molecular complexity index is 1270. The largest absolute Gasteiger partial charge is 0.512 e. The summed E-state index contributed by atoms with van der Waals surface area (Å²) in [6.45, 7) is 14.1. The van der Waals surface area contributed by atoms with Gasteiger partial charge in [-0.2, -0.15) is 5.26 Å². The summed E-state index contributed by atoms with van der Waals surface area (Å²) in [5.41, 5.74) is 7.38. The summed E-state index contributed by atoms with van der Waals surface area (Å²) in [5.74, 6) is 0.547. The first-order chi connectivity index (χ1) is 18.2. The Hall–Kier alpha value is -3.13. The number of benzene rings is 2. The maximum absolute atomic E-state index is 11.7. The van der Waals surface area contributed by atoms with Gasteiger partial charge in [0.25, 0.3) is 0 Å². The van der Waals surface area contributed by atoms with Crippen molar-refractivity contribution in [1.29, 1.82) is 5.26 Å². The van der Waals surface area contributed by atoms with Crippen LogP contribution in [0.4, 0.5) is 0 Å². The summed E-state index contributed by atoms with van der Waals surface area (Å²) >= 11 is 0. The second-order valence-corrected chi connectivity index (χ2v) is 9.63. The van der Waals surface area contributed by atoms with Crippen molar-refractivity contribution in [1.82, 2.24) is 9.97 Å². The number of ketones is 1. The molecule has 0 spiro atoms. The molecule has 0 unspecified atom stereocenters. The van der Waals surface area contributed by atoms with E-state index in [1.54, 1.807) is 18.3 Å². The number of nitrogens with zero attached hydrogens (tertiary/aromatic N) is 3. The van der Waals surface area contributed by atoms with E-state index >= 15 is 0 Å². The van der Waals surface area contributed by atoms with Gasteiger partial charge in [-0.05, 0) is 44.7 Å². The predicted octanol–water partition coefficient (Wildman–Crippen LogP) is 8.28. The van der Waals surface area contributed by atoms with Gasteiger partial charge in [0, 0.05) is 61.2 Å². The van der Waals surface area contributed by atoms with Gasteiger partial charge in [-0.25, -0.2) is 0 Å². The van der Waals surface area contributed by atoms with Crippen LogP contribution in [0.15, 0.2) is 54.4 Å². The molecule has 0 amide bonds. The summed E-state index contributed by atoms with van der Waals surface area (Å²) in [4.78, 5) is 21.0. The van der Waals surface area contributed by atoms with Gasteiger partial charge in [0.2, 0.25) is 0 Å². The van der Waals surface area contributed by atoms with Crippen LogP contribution in [-0.2, 0) is 24.9 Å². The van der Waals surface area contributed by atoms with Gasteiger partial charge in [-0.15, -0.1) is 34.9 Å². The molecule has 1 heterocycles. The van der Waals surface area contributed by atoms with Crippen LogP contribution in [-0.4, -0.2) is 20.9 Å². The number of rotatable bonds is 9. The molecule has 6 heteroatoms. The van der Waals surface area contributed by atoms with E-state index in [0.29, 0.717) is 5.56 Å². The van der Waals surface area contributed by atoms with E-state index in [1.165, 1.54) is 11.6 Å². The summed E-state index contributed by atoms with van der Waals surface area (Å²) in [5, 5.41) is 18.6. The van der Waals surface area contributed by atoms with Crippen molar-refractivity contribution >= 4 is 5.78 Å². The summed E-state index contributed by atoms with van der Waals surface area (Å²) < 4.78 is 0. The topological polar surface area (TPSA) is 86.9 Å². The predicted molar refractivity (Wildman–Crippen MR) is 155 cm³/mol. The number of carbonyl (C=O) groups excluding carboxylic acids is 1. The minimum atomic E-state index is 0. The van der Waals surface area contributed by atoms with Gasteiger partial charge in [-0.1, -0.05) is 53.7 Å². The zero-order valence-electron chi connectivity index (χ0n) is 24.1. The molecular formula is C33H40IrN3O2-. The van der Waals surface area contributed by atoms with Crippen molar-refractivity contribution in [3.63, 3.8) is 0 Å². The number of aliphatic hydroxyl groups excluding tert-OH is 1. The van der Waals surface area contributed by atoms with Crippen LogP contribution in [0.5, 0.6) is 0 Å². The van der Waals surface area contributed by atoms with E-state index in [-0.39, 0.29) is 43.5 Å². The molecule has 2 aromatic carbocycles. The van der Waals surface area contributed by atoms with E-state index in [4.69, 9.17) is 5.26 Å². The summed E-state index contributed by atoms with van der Waals surface area (Å²) in [6, 6.07) is 17.0. The van der Waals surface area contributed by atoms with E-state index in [9.17, 15) is 9.90 Å². The Morgan fingerprint density at radius 2 is 1.59 bits per heavy atom. The molecule has 39 heavy (non-hydrogen) atoms. The number of carbonyl (C=O) groups is 1. The Morgan fingerprint density at radius 1 is 1.00 bits per heavy atom. The molecule has 1 N–H and O–H groups in total. The van der Waals surface area contributed by atoms with Crippen molar-refractivity contribution in [2.45, 2.75) is 74.1 Å². The van der Waals surface area contributed by atoms with E-state index < -0.39 is 0 Å². The minimum absolute atomic E-state index is 0. The van der Waals surface area contributed by atoms with Crippen LogP contribution in [0.2, 0.25) is 0 Å². The molecule has 0 aliphatic rings. The molecule has 0 saturated heterocycles. The zero-order chi connectivity index (χ0) is 28.2. The number of aromatic nitrogens is 2. The van der Waals surface area contributed by atoms with Crippen molar-refractivity contribution in [3.8, 4) is 28.6 Å². The fourth-order valence-corrected chi connectivity index (χ4v) is 4.40. The molecule has 3 rings (SSSR count). The first-order valence-corrected chi connectivity index (χ1v) is 13.5. The molecule has 5 nitrogen and oxygen atoms in total. The first kappa shape index (κ1) is 33.9. The fraction of sp³-hybridized carbons (Fsp3) is 0.394. The second kappa shape index (κ2) is 16.7. The maximum atomic E-state index is 11.7. The standard InChI is InChI=1S/C20H16N3.C13H24O2.Ir/c1-13-8-14(2)10-18(9-13)20-15(3)23-19(12-22-20)17-6-4-16(11-21)5-7-17;1-5-10(6-2)12(14)9-13(15)11(7-3)8-4;/h4-9,12H,1-3H3;9-11,14H,5-8H2,1-4H3;/q-1;;/b;12-9-;. The van der Waals surface area contributed by atoms with Gasteiger partial charge >= 0.3 is 0 Å².